The van der Waals surface area contributed by atoms with Crippen molar-refractivity contribution in [2.24, 2.45) is 0 Å². The highest BCUT2D eigenvalue weighted by Gasteiger charge is 2.31. The Hall–Kier alpha value is -2.76. The van der Waals surface area contributed by atoms with Gasteiger partial charge in [0.25, 0.3) is 5.91 Å². The van der Waals surface area contributed by atoms with Crippen LogP contribution in [0.25, 0.3) is 0 Å². The molecule has 0 aromatic heterocycles. The number of nitrogens with zero attached hydrogens (tertiary/aromatic N) is 1. The van der Waals surface area contributed by atoms with Crippen molar-refractivity contribution in [3.63, 3.8) is 0 Å². The average Bonchev–Trinajstić information content (AvgIpc) is 2.87. The van der Waals surface area contributed by atoms with Crippen molar-refractivity contribution < 1.29 is 18.4 Å². The molecule has 1 aliphatic rings. The standard InChI is InChI=1S/C18H16F2N2O2/c19-14-7-4-8-15(20)17(14)18(24)21-13-9-16(23)22(11-13)10-12-5-2-1-3-6-12/h1-8,13H,9-11H2,(H,21,24)/t13-/m1/s1. The van der Waals surface area contributed by atoms with Crippen molar-refractivity contribution in [2.45, 2.75) is 19.0 Å². The molecule has 6 heteroatoms. The molecule has 1 heterocycles. The number of likely N-dealkylation sites (tertiary alicyclic amines) is 1. The Morgan fingerprint density at radius 3 is 2.42 bits per heavy atom. The zero-order valence-corrected chi connectivity index (χ0v) is 12.8. The molecule has 0 bridgehead atoms. The molecular formula is C18H16F2N2O2. The Morgan fingerprint density at radius 1 is 1.08 bits per heavy atom. The van der Waals surface area contributed by atoms with E-state index < -0.39 is 29.1 Å². The number of nitrogens with one attached hydrogen (secondary N) is 1. The third-order valence-corrected chi connectivity index (χ3v) is 3.96. The van der Waals surface area contributed by atoms with Gasteiger partial charge in [0.05, 0.1) is 6.04 Å². The van der Waals surface area contributed by atoms with Gasteiger partial charge in [-0.15, -0.1) is 0 Å². The van der Waals surface area contributed by atoms with Crippen LogP contribution < -0.4 is 5.32 Å². The third-order valence-electron chi connectivity index (χ3n) is 3.96. The summed E-state index contributed by atoms with van der Waals surface area (Å²) in [5, 5.41) is 2.54. The maximum absolute atomic E-state index is 13.6. The third kappa shape index (κ3) is 3.42. The lowest BCUT2D eigenvalue weighted by Crippen LogP contribution is -2.37. The molecule has 2 amide bonds. The smallest absolute Gasteiger partial charge is 0.257 e. The largest absolute Gasteiger partial charge is 0.347 e. The molecule has 1 N–H and O–H groups in total. The lowest BCUT2D eigenvalue weighted by Gasteiger charge is -2.17. The van der Waals surface area contributed by atoms with Gasteiger partial charge in [-0.25, -0.2) is 8.78 Å². The van der Waals surface area contributed by atoms with Gasteiger partial charge in [0.1, 0.15) is 17.2 Å². The van der Waals surface area contributed by atoms with Crippen molar-refractivity contribution in [3.05, 3.63) is 71.3 Å². The summed E-state index contributed by atoms with van der Waals surface area (Å²) in [7, 11) is 0. The van der Waals surface area contributed by atoms with Gasteiger partial charge in [-0.1, -0.05) is 36.4 Å². The molecular weight excluding hydrogens is 314 g/mol. The number of halogens is 2. The molecule has 2 aromatic rings. The summed E-state index contributed by atoms with van der Waals surface area (Å²) in [6.45, 7) is 0.760. The van der Waals surface area contributed by atoms with Crippen molar-refractivity contribution in [1.82, 2.24) is 10.2 Å². The van der Waals surface area contributed by atoms with Gasteiger partial charge in [0.15, 0.2) is 0 Å². The highest BCUT2D eigenvalue weighted by molar-refractivity contribution is 5.95. The summed E-state index contributed by atoms with van der Waals surface area (Å²) in [4.78, 5) is 25.8. The van der Waals surface area contributed by atoms with Crippen molar-refractivity contribution >= 4 is 11.8 Å². The predicted molar refractivity (Wildman–Crippen MR) is 84.1 cm³/mol. The van der Waals surface area contributed by atoms with Crippen LogP contribution in [0.5, 0.6) is 0 Å². The lowest BCUT2D eigenvalue weighted by atomic mass is 10.1. The quantitative estimate of drug-likeness (QED) is 0.936. The van der Waals surface area contributed by atoms with E-state index in [1.54, 1.807) is 4.90 Å². The predicted octanol–water partition coefficient (Wildman–Crippen LogP) is 2.50. The Balaban J connectivity index is 1.65. The van der Waals surface area contributed by atoms with E-state index in [1.807, 2.05) is 30.3 Å². The van der Waals surface area contributed by atoms with Crippen LogP contribution >= 0.6 is 0 Å². The zero-order chi connectivity index (χ0) is 17.1. The fraction of sp³-hybridized carbons (Fsp3) is 0.222. The van der Waals surface area contributed by atoms with Crippen LogP contribution in [0.15, 0.2) is 48.5 Å². The molecule has 0 unspecified atom stereocenters. The Bertz CT molecular complexity index is 745. The van der Waals surface area contributed by atoms with Crippen LogP contribution in [-0.4, -0.2) is 29.3 Å². The Morgan fingerprint density at radius 2 is 1.75 bits per heavy atom. The summed E-state index contributed by atoms with van der Waals surface area (Å²) < 4.78 is 27.3. The first kappa shape index (κ1) is 16.1. The van der Waals surface area contributed by atoms with Gasteiger partial charge in [0.2, 0.25) is 5.91 Å². The fourth-order valence-corrected chi connectivity index (χ4v) is 2.80. The molecule has 2 aromatic carbocycles. The monoisotopic (exact) mass is 330 g/mol. The molecule has 4 nitrogen and oxygen atoms in total. The van der Waals surface area contributed by atoms with Gasteiger partial charge in [-0.05, 0) is 17.7 Å². The first-order chi connectivity index (χ1) is 11.5. The first-order valence-electron chi connectivity index (χ1n) is 7.61. The molecule has 0 aliphatic carbocycles. The second kappa shape index (κ2) is 6.78. The van der Waals surface area contributed by atoms with Crippen LogP contribution in [0.3, 0.4) is 0 Å². The van der Waals surface area contributed by atoms with Gasteiger partial charge < -0.3 is 10.2 Å². The Labute approximate surface area is 138 Å². The van der Waals surface area contributed by atoms with E-state index in [4.69, 9.17) is 0 Å². The van der Waals surface area contributed by atoms with E-state index in [0.29, 0.717) is 13.1 Å². The van der Waals surface area contributed by atoms with Crippen LogP contribution in [0.4, 0.5) is 8.78 Å². The van der Waals surface area contributed by atoms with Gasteiger partial charge in [0, 0.05) is 19.5 Å². The van der Waals surface area contributed by atoms with Crippen LogP contribution in [0.1, 0.15) is 22.3 Å². The van der Waals surface area contributed by atoms with E-state index in [9.17, 15) is 18.4 Å². The minimum atomic E-state index is -0.919. The molecule has 1 fully saturated rings. The first-order valence-corrected chi connectivity index (χ1v) is 7.61. The van der Waals surface area contributed by atoms with Crippen LogP contribution in [0, 0.1) is 11.6 Å². The summed E-state index contributed by atoms with van der Waals surface area (Å²) in [6, 6.07) is 12.3. The number of rotatable bonds is 4. The van der Waals surface area contributed by atoms with Gasteiger partial charge >= 0.3 is 0 Å². The van der Waals surface area contributed by atoms with E-state index in [0.717, 1.165) is 17.7 Å². The summed E-state index contributed by atoms with van der Waals surface area (Å²) in [6.07, 6.45) is 0.120. The minimum absolute atomic E-state index is 0.0989. The fourth-order valence-electron chi connectivity index (χ4n) is 2.80. The van der Waals surface area contributed by atoms with E-state index in [1.165, 1.54) is 6.07 Å². The number of carbonyl (C=O) groups is 2. The number of carbonyl (C=O) groups excluding carboxylic acids is 2. The van der Waals surface area contributed by atoms with Gasteiger partial charge in [-0.3, -0.25) is 9.59 Å². The molecule has 3 rings (SSSR count). The van der Waals surface area contributed by atoms with Crippen molar-refractivity contribution in [3.8, 4) is 0 Å². The number of amides is 2. The van der Waals surface area contributed by atoms with Crippen molar-refractivity contribution in [2.75, 3.05) is 6.54 Å². The topological polar surface area (TPSA) is 49.4 Å². The average molecular weight is 330 g/mol. The molecule has 1 atom stereocenters. The zero-order valence-electron chi connectivity index (χ0n) is 12.8. The molecule has 24 heavy (non-hydrogen) atoms. The second-order valence-electron chi connectivity index (χ2n) is 5.73. The molecule has 124 valence electrons. The summed E-state index contributed by atoms with van der Waals surface area (Å²) in [5.41, 5.74) is 0.365. The molecule has 0 radical (unpaired) electrons. The second-order valence-corrected chi connectivity index (χ2v) is 5.73. The number of hydrogen-bond donors (Lipinski definition) is 1. The SMILES string of the molecule is O=C(N[C@@H]1CC(=O)N(Cc2ccccc2)C1)c1c(F)cccc1F. The summed E-state index contributed by atoms with van der Waals surface area (Å²) >= 11 is 0. The number of hydrogen-bond acceptors (Lipinski definition) is 2. The Kier molecular flexibility index (Phi) is 4.55. The van der Waals surface area contributed by atoms with E-state index in [2.05, 4.69) is 5.32 Å². The van der Waals surface area contributed by atoms with Crippen LogP contribution in [0.2, 0.25) is 0 Å². The molecule has 0 saturated carbocycles. The highest BCUT2D eigenvalue weighted by Crippen LogP contribution is 2.17. The number of benzene rings is 2. The highest BCUT2D eigenvalue weighted by atomic mass is 19.1. The van der Waals surface area contributed by atoms with Crippen LogP contribution in [-0.2, 0) is 11.3 Å². The maximum atomic E-state index is 13.6. The lowest BCUT2D eigenvalue weighted by molar-refractivity contribution is -0.128. The summed E-state index contributed by atoms with van der Waals surface area (Å²) in [5.74, 6) is -2.78. The minimum Gasteiger partial charge on any atom is -0.347 e. The van der Waals surface area contributed by atoms with E-state index in [-0.39, 0.29) is 12.3 Å². The molecule has 1 aliphatic heterocycles. The van der Waals surface area contributed by atoms with Gasteiger partial charge in [-0.2, -0.15) is 0 Å². The van der Waals surface area contributed by atoms with E-state index >= 15 is 0 Å². The molecule has 0 spiro atoms. The normalized spacial score (nSPS) is 17.2. The molecule has 1 saturated heterocycles. The maximum Gasteiger partial charge on any atom is 0.257 e. The van der Waals surface area contributed by atoms with Crippen molar-refractivity contribution in [1.29, 1.82) is 0 Å².